The molecule has 0 saturated heterocycles. The maximum atomic E-state index is 12.2. The van der Waals surface area contributed by atoms with Gasteiger partial charge in [0, 0.05) is 17.8 Å². The summed E-state index contributed by atoms with van der Waals surface area (Å²) in [4.78, 5) is 12.1. The fourth-order valence-electron chi connectivity index (χ4n) is 1.94. The van der Waals surface area contributed by atoms with Gasteiger partial charge in [0.05, 0.1) is 6.26 Å². The quantitative estimate of drug-likeness (QED) is 0.747. The minimum Gasteiger partial charge on any atom is -0.484 e. The first kappa shape index (κ1) is 16.6. The van der Waals surface area contributed by atoms with Crippen molar-refractivity contribution in [1.29, 1.82) is 0 Å². The molecule has 25 heavy (non-hydrogen) atoms. The third-order valence-electron chi connectivity index (χ3n) is 3.00. The zero-order valence-corrected chi connectivity index (χ0v) is 12.5. The van der Waals surface area contributed by atoms with Gasteiger partial charge in [0.1, 0.15) is 5.75 Å². The third kappa shape index (κ3) is 4.40. The van der Waals surface area contributed by atoms with Crippen molar-refractivity contribution in [1.82, 2.24) is 5.16 Å². The predicted octanol–water partition coefficient (Wildman–Crippen LogP) is 4.13. The number of furan rings is 1. The van der Waals surface area contributed by atoms with Crippen LogP contribution in [0.4, 0.5) is 18.9 Å². The van der Waals surface area contributed by atoms with E-state index < -0.39 is 18.7 Å². The second-order valence-corrected chi connectivity index (χ2v) is 4.94. The third-order valence-corrected chi connectivity index (χ3v) is 3.00. The molecule has 3 rings (SSSR count). The van der Waals surface area contributed by atoms with E-state index in [1.165, 1.54) is 36.6 Å². The molecule has 0 radical (unpaired) electrons. The van der Waals surface area contributed by atoms with Crippen LogP contribution in [0.5, 0.6) is 5.75 Å². The van der Waals surface area contributed by atoms with E-state index in [2.05, 4.69) is 15.2 Å². The molecular formula is C16H11F3N2O4. The Kier molecular flexibility index (Phi) is 4.46. The number of ether oxygens (including phenoxy) is 1. The van der Waals surface area contributed by atoms with Gasteiger partial charge in [-0.2, -0.15) is 13.2 Å². The van der Waals surface area contributed by atoms with Crippen LogP contribution >= 0.6 is 0 Å². The lowest BCUT2D eigenvalue weighted by Crippen LogP contribution is -2.19. The Morgan fingerprint density at radius 1 is 1.16 bits per heavy atom. The highest BCUT2D eigenvalue weighted by Crippen LogP contribution is 2.23. The SMILES string of the molecule is O=C(Nc1cccc(OCC(F)(F)F)c1)c1cc(-c2ccco2)on1. The Balaban J connectivity index is 1.67. The molecule has 0 aliphatic rings. The molecule has 0 bridgehead atoms. The summed E-state index contributed by atoms with van der Waals surface area (Å²) < 4.78 is 51.3. The molecule has 6 nitrogen and oxygen atoms in total. The van der Waals surface area contributed by atoms with Crippen molar-refractivity contribution >= 4 is 11.6 Å². The normalized spacial score (nSPS) is 11.3. The molecule has 0 spiro atoms. The molecule has 0 atom stereocenters. The van der Waals surface area contributed by atoms with Crippen LogP contribution in [-0.2, 0) is 0 Å². The first-order chi connectivity index (χ1) is 11.9. The Bertz CT molecular complexity index is 856. The number of amides is 1. The second-order valence-electron chi connectivity index (χ2n) is 4.94. The number of halogens is 3. The molecule has 3 aromatic rings. The lowest BCUT2D eigenvalue weighted by Gasteiger charge is -2.10. The Morgan fingerprint density at radius 2 is 2.00 bits per heavy atom. The highest BCUT2D eigenvalue weighted by Gasteiger charge is 2.28. The highest BCUT2D eigenvalue weighted by molar-refractivity contribution is 6.03. The minimum atomic E-state index is -4.44. The predicted molar refractivity (Wildman–Crippen MR) is 80.2 cm³/mol. The van der Waals surface area contributed by atoms with Crippen LogP contribution in [0, 0.1) is 0 Å². The standard InChI is InChI=1S/C16H11F3N2O4/c17-16(18,19)9-24-11-4-1-3-10(7-11)20-15(22)12-8-14(25-21-12)13-5-2-6-23-13/h1-8H,9H2,(H,20,22). The molecule has 0 aliphatic carbocycles. The Labute approximate surface area is 139 Å². The molecule has 2 heterocycles. The van der Waals surface area contributed by atoms with Crippen LogP contribution in [0.1, 0.15) is 10.5 Å². The van der Waals surface area contributed by atoms with Gasteiger partial charge < -0.3 is 19.0 Å². The smallest absolute Gasteiger partial charge is 0.422 e. The van der Waals surface area contributed by atoms with Crippen molar-refractivity contribution in [3.8, 4) is 17.3 Å². The molecule has 0 aliphatic heterocycles. The van der Waals surface area contributed by atoms with E-state index in [0.717, 1.165) is 0 Å². The van der Waals surface area contributed by atoms with Crippen LogP contribution in [0.2, 0.25) is 0 Å². The van der Waals surface area contributed by atoms with Crippen molar-refractivity contribution in [3.05, 3.63) is 54.4 Å². The van der Waals surface area contributed by atoms with Crippen LogP contribution in [0.15, 0.2) is 57.7 Å². The molecule has 2 aromatic heterocycles. The van der Waals surface area contributed by atoms with Crippen LogP contribution < -0.4 is 10.1 Å². The maximum Gasteiger partial charge on any atom is 0.422 e. The summed E-state index contributed by atoms with van der Waals surface area (Å²) >= 11 is 0. The fraction of sp³-hybridized carbons (Fsp3) is 0.125. The molecular weight excluding hydrogens is 341 g/mol. The minimum absolute atomic E-state index is 0.00647. The number of carbonyl (C=O) groups excluding carboxylic acids is 1. The summed E-state index contributed by atoms with van der Waals surface area (Å²) in [5.41, 5.74) is 0.250. The summed E-state index contributed by atoms with van der Waals surface area (Å²) in [6.07, 6.45) is -2.99. The van der Waals surface area contributed by atoms with Crippen molar-refractivity contribution in [2.45, 2.75) is 6.18 Å². The summed E-state index contributed by atoms with van der Waals surface area (Å²) in [7, 11) is 0. The summed E-state index contributed by atoms with van der Waals surface area (Å²) in [6.45, 7) is -1.42. The van der Waals surface area contributed by atoms with Gasteiger partial charge in [-0.3, -0.25) is 4.79 Å². The molecule has 1 N–H and O–H groups in total. The van der Waals surface area contributed by atoms with Crippen molar-refractivity contribution in [2.24, 2.45) is 0 Å². The van der Waals surface area contributed by atoms with Gasteiger partial charge in [0.25, 0.3) is 5.91 Å². The van der Waals surface area contributed by atoms with E-state index in [1.807, 2.05) is 0 Å². The molecule has 0 fully saturated rings. The monoisotopic (exact) mass is 352 g/mol. The topological polar surface area (TPSA) is 77.5 Å². The fourth-order valence-corrected chi connectivity index (χ4v) is 1.94. The van der Waals surface area contributed by atoms with E-state index >= 15 is 0 Å². The molecule has 1 amide bonds. The van der Waals surface area contributed by atoms with Gasteiger partial charge in [0.2, 0.25) is 5.76 Å². The Hall–Kier alpha value is -3.23. The summed E-state index contributed by atoms with van der Waals surface area (Å²) in [6, 6.07) is 10.3. The van der Waals surface area contributed by atoms with Crippen molar-refractivity contribution < 1.29 is 31.6 Å². The van der Waals surface area contributed by atoms with Gasteiger partial charge in [-0.25, -0.2) is 0 Å². The largest absolute Gasteiger partial charge is 0.484 e. The molecule has 130 valence electrons. The molecule has 9 heteroatoms. The van der Waals surface area contributed by atoms with Gasteiger partial charge in [-0.1, -0.05) is 11.2 Å². The van der Waals surface area contributed by atoms with Crippen molar-refractivity contribution in [3.63, 3.8) is 0 Å². The van der Waals surface area contributed by atoms with Crippen LogP contribution in [-0.4, -0.2) is 23.8 Å². The number of anilines is 1. The Morgan fingerprint density at radius 3 is 2.72 bits per heavy atom. The molecule has 1 aromatic carbocycles. The van der Waals surface area contributed by atoms with Gasteiger partial charge in [-0.15, -0.1) is 0 Å². The van der Waals surface area contributed by atoms with Gasteiger partial charge in [-0.05, 0) is 24.3 Å². The zero-order chi connectivity index (χ0) is 17.9. The van der Waals surface area contributed by atoms with E-state index in [4.69, 9.17) is 8.94 Å². The average Bonchev–Trinajstić information content (AvgIpc) is 3.23. The number of hydrogen-bond acceptors (Lipinski definition) is 5. The van der Waals surface area contributed by atoms with Crippen molar-refractivity contribution in [2.75, 3.05) is 11.9 Å². The number of carbonyl (C=O) groups is 1. The second kappa shape index (κ2) is 6.71. The number of nitrogens with zero attached hydrogens (tertiary/aromatic N) is 1. The molecule has 0 saturated carbocycles. The number of hydrogen-bond donors (Lipinski definition) is 1. The van der Waals surface area contributed by atoms with E-state index in [1.54, 1.807) is 12.1 Å². The average molecular weight is 352 g/mol. The number of aromatic nitrogens is 1. The van der Waals surface area contributed by atoms with Crippen LogP contribution in [0.25, 0.3) is 11.5 Å². The molecule has 0 unspecified atom stereocenters. The number of benzene rings is 1. The number of rotatable bonds is 5. The van der Waals surface area contributed by atoms with E-state index in [9.17, 15) is 18.0 Å². The summed E-state index contributed by atoms with van der Waals surface area (Å²) in [5, 5.41) is 6.13. The lowest BCUT2D eigenvalue weighted by molar-refractivity contribution is -0.153. The van der Waals surface area contributed by atoms with E-state index in [0.29, 0.717) is 5.76 Å². The maximum absolute atomic E-state index is 12.2. The first-order valence-electron chi connectivity index (χ1n) is 7.02. The summed E-state index contributed by atoms with van der Waals surface area (Å²) in [5.74, 6) is 0.0765. The number of nitrogens with one attached hydrogen (secondary N) is 1. The van der Waals surface area contributed by atoms with E-state index in [-0.39, 0.29) is 22.9 Å². The van der Waals surface area contributed by atoms with Gasteiger partial charge >= 0.3 is 6.18 Å². The zero-order valence-electron chi connectivity index (χ0n) is 12.5. The number of alkyl halides is 3. The van der Waals surface area contributed by atoms with Gasteiger partial charge in [0.15, 0.2) is 18.1 Å². The first-order valence-corrected chi connectivity index (χ1v) is 7.02. The highest BCUT2D eigenvalue weighted by atomic mass is 19.4. The lowest BCUT2D eigenvalue weighted by atomic mass is 10.2. The van der Waals surface area contributed by atoms with Crippen LogP contribution in [0.3, 0.4) is 0 Å².